The van der Waals surface area contributed by atoms with Gasteiger partial charge >= 0.3 is 0 Å². The third kappa shape index (κ3) is 3.45. The van der Waals surface area contributed by atoms with Crippen molar-refractivity contribution in [2.45, 2.75) is 38.6 Å². The average Bonchev–Trinajstić information content (AvgIpc) is 2.89. The number of rotatable bonds is 4. The zero-order valence-corrected chi connectivity index (χ0v) is 13.1. The van der Waals surface area contributed by atoms with Crippen LogP contribution < -0.4 is 5.73 Å². The summed E-state index contributed by atoms with van der Waals surface area (Å²) in [6, 6.07) is 8.05. The van der Waals surface area contributed by atoms with Crippen LogP contribution in [0.2, 0.25) is 0 Å². The Morgan fingerprint density at radius 2 is 1.90 bits per heavy atom. The van der Waals surface area contributed by atoms with Gasteiger partial charge in [-0.2, -0.15) is 0 Å². The predicted octanol–water partition coefficient (Wildman–Crippen LogP) is 3.49. The van der Waals surface area contributed by atoms with E-state index in [2.05, 4.69) is 38.3 Å². The van der Waals surface area contributed by atoms with E-state index in [9.17, 15) is 0 Å². The molecule has 1 atom stereocenters. The number of nitrogens with two attached hydrogens (primary N) is 1. The molecule has 4 heteroatoms. The molecule has 0 fully saturated rings. The van der Waals surface area contributed by atoms with Crippen LogP contribution in [-0.2, 0) is 5.41 Å². The lowest BCUT2D eigenvalue weighted by Crippen LogP contribution is -2.11. The van der Waals surface area contributed by atoms with Crippen molar-refractivity contribution in [2.24, 2.45) is 5.73 Å². The van der Waals surface area contributed by atoms with Gasteiger partial charge in [-0.15, -0.1) is 11.3 Å². The first-order valence-electron chi connectivity index (χ1n) is 6.84. The molecule has 0 saturated heterocycles. The van der Waals surface area contributed by atoms with Crippen LogP contribution in [0.25, 0.3) is 10.6 Å². The average molecular weight is 290 g/mol. The Labute approximate surface area is 124 Å². The van der Waals surface area contributed by atoms with Gasteiger partial charge in [-0.3, -0.25) is 0 Å². The monoisotopic (exact) mass is 290 g/mol. The predicted molar refractivity (Wildman–Crippen MR) is 84.9 cm³/mol. The number of thiazole rings is 1. The van der Waals surface area contributed by atoms with Crippen molar-refractivity contribution in [1.82, 2.24) is 4.98 Å². The Morgan fingerprint density at radius 1 is 1.25 bits per heavy atom. The van der Waals surface area contributed by atoms with Gasteiger partial charge in [0.15, 0.2) is 0 Å². The minimum absolute atomic E-state index is 0.0815. The number of nitrogens with zero attached hydrogens (tertiary/aromatic N) is 1. The van der Waals surface area contributed by atoms with E-state index in [1.807, 2.05) is 12.1 Å². The molecule has 0 saturated carbocycles. The van der Waals surface area contributed by atoms with Crippen molar-refractivity contribution in [2.75, 3.05) is 6.61 Å². The second-order valence-corrected chi connectivity index (χ2v) is 6.89. The van der Waals surface area contributed by atoms with E-state index in [1.165, 1.54) is 0 Å². The van der Waals surface area contributed by atoms with Crippen molar-refractivity contribution < 1.29 is 5.11 Å². The van der Waals surface area contributed by atoms with E-state index in [1.54, 1.807) is 11.3 Å². The maximum absolute atomic E-state index is 8.92. The molecule has 1 heterocycles. The minimum Gasteiger partial charge on any atom is -0.396 e. The molecular formula is C16H22N2OS. The van der Waals surface area contributed by atoms with Crippen LogP contribution in [-0.4, -0.2) is 16.7 Å². The van der Waals surface area contributed by atoms with Crippen LogP contribution in [0.3, 0.4) is 0 Å². The fourth-order valence-corrected chi connectivity index (χ4v) is 2.98. The lowest BCUT2D eigenvalue weighted by Gasteiger charge is -2.14. The zero-order valence-electron chi connectivity index (χ0n) is 12.3. The first-order valence-corrected chi connectivity index (χ1v) is 7.72. The molecule has 2 rings (SSSR count). The summed E-state index contributed by atoms with van der Waals surface area (Å²) in [5, 5.41) is 12.1. The van der Waals surface area contributed by atoms with Crippen LogP contribution in [0.4, 0.5) is 0 Å². The Kier molecular flexibility index (Phi) is 4.58. The molecule has 3 N–H and O–H groups in total. The molecule has 20 heavy (non-hydrogen) atoms. The first kappa shape index (κ1) is 15.2. The van der Waals surface area contributed by atoms with E-state index < -0.39 is 0 Å². The van der Waals surface area contributed by atoms with Gasteiger partial charge in [0.25, 0.3) is 0 Å². The SMILES string of the molecule is CC(C)(C)c1csc(-c2ccc(C(N)CCO)cc2)n1. The highest BCUT2D eigenvalue weighted by Crippen LogP contribution is 2.30. The highest BCUT2D eigenvalue weighted by Gasteiger charge is 2.18. The standard InChI is InChI=1S/C16H22N2OS/c1-16(2,3)14-10-20-15(18-14)12-6-4-11(5-7-12)13(17)8-9-19/h4-7,10,13,19H,8-9,17H2,1-3H3. The van der Waals surface area contributed by atoms with Gasteiger partial charge in [-0.05, 0) is 12.0 Å². The number of hydrogen-bond donors (Lipinski definition) is 2. The van der Waals surface area contributed by atoms with Crippen molar-refractivity contribution in [3.8, 4) is 10.6 Å². The fraction of sp³-hybridized carbons (Fsp3) is 0.438. The molecule has 3 nitrogen and oxygen atoms in total. The number of aliphatic hydroxyl groups is 1. The first-order chi connectivity index (χ1) is 9.41. The molecular weight excluding hydrogens is 268 g/mol. The second kappa shape index (κ2) is 6.04. The Bertz CT molecular complexity index is 555. The van der Waals surface area contributed by atoms with Crippen LogP contribution in [0, 0.1) is 0 Å². The summed E-state index contributed by atoms with van der Waals surface area (Å²) >= 11 is 1.67. The molecule has 0 bridgehead atoms. The van der Waals surface area contributed by atoms with Gasteiger partial charge < -0.3 is 10.8 Å². The van der Waals surface area contributed by atoms with E-state index >= 15 is 0 Å². The summed E-state index contributed by atoms with van der Waals surface area (Å²) < 4.78 is 0. The highest BCUT2D eigenvalue weighted by atomic mass is 32.1. The maximum Gasteiger partial charge on any atom is 0.123 e. The summed E-state index contributed by atoms with van der Waals surface area (Å²) in [4.78, 5) is 4.71. The van der Waals surface area contributed by atoms with E-state index in [4.69, 9.17) is 15.8 Å². The molecule has 1 unspecified atom stereocenters. The summed E-state index contributed by atoms with van der Waals surface area (Å²) in [6.07, 6.45) is 0.588. The fourth-order valence-electron chi connectivity index (χ4n) is 1.93. The molecule has 0 spiro atoms. The molecule has 108 valence electrons. The molecule has 1 aromatic carbocycles. The Hall–Kier alpha value is -1.23. The van der Waals surface area contributed by atoms with Crippen molar-refractivity contribution in [3.05, 3.63) is 40.9 Å². The third-order valence-corrected chi connectivity index (χ3v) is 4.19. The number of aromatic nitrogens is 1. The quantitative estimate of drug-likeness (QED) is 0.906. The third-order valence-electron chi connectivity index (χ3n) is 3.30. The van der Waals surface area contributed by atoms with Crippen molar-refractivity contribution in [3.63, 3.8) is 0 Å². The van der Waals surface area contributed by atoms with Crippen LogP contribution in [0.1, 0.15) is 44.5 Å². The largest absolute Gasteiger partial charge is 0.396 e. The number of aliphatic hydroxyl groups excluding tert-OH is 1. The number of hydrogen-bond acceptors (Lipinski definition) is 4. The van der Waals surface area contributed by atoms with E-state index in [0.29, 0.717) is 6.42 Å². The summed E-state index contributed by atoms with van der Waals surface area (Å²) in [5.74, 6) is 0. The molecule has 0 aliphatic rings. The van der Waals surface area contributed by atoms with E-state index in [0.717, 1.165) is 21.8 Å². The highest BCUT2D eigenvalue weighted by molar-refractivity contribution is 7.13. The molecule has 1 aromatic heterocycles. The Balaban J connectivity index is 2.20. The molecule has 0 aliphatic carbocycles. The van der Waals surface area contributed by atoms with E-state index in [-0.39, 0.29) is 18.1 Å². The smallest absolute Gasteiger partial charge is 0.123 e. The van der Waals surface area contributed by atoms with Gasteiger partial charge in [-0.1, -0.05) is 45.0 Å². The maximum atomic E-state index is 8.92. The topological polar surface area (TPSA) is 59.1 Å². The normalized spacial score (nSPS) is 13.4. The molecule has 0 aliphatic heterocycles. The summed E-state index contributed by atoms with van der Waals surface area (Å²) in [5.41, 5.74) is 9.36. The summed E-state index contributed by atoms with van der Waals surface area (Å²) in [6.45, 7) is 6.62. The van der Waals surface area contributed by atoms with Gasteiger partial charge in [0, 0.05) is 29.0 Å². The zero-order chi connectivity index (χ0) is 14.8. The lowest BCUT2D eigenvalue weighted by atomic mass is 9.93. The lowest BCUT2D eigenvalue weighted by molar-refractivity contribution is 0.276. The van der Waals surface area contributed by atoms with Crippen LogP contribution in [0.5, 0.6) is 0 Å². The summed E-state index contributed by atoms with van der Waals surface area (Å²) in [7, 11) is 0. The van der Waals surface area contributed by atoms with Crippen LogP contribution >= 0.6 is 11.3 Å². The Morgan fingerprint density at radius 3 is 2.40 bits per heavy atom. The molecule has 2 aromatic rings. The van der Waals surface area contributed by atoms with Gasteiger partial charge in [0.2, 0.25) is 0 Å². The van der Waals surface area contributed by atoms with Gasteiger partial charge in [0.05, 0.1) is 5.69 Å². The number of benzene rings is 1. The molecule has 0 radical (unpaired) electrons. The van der Waals surface area contributed by atoms with Gasteiger partial charge in [-0.25, -0.2) is 4.98 Å². The van der Waals surface area contributed by atoms with Gasteiger partial charge in [0.1, 0.15) is 5.01 Å². The van der Waals surface area contributed by atoms with Crippen molar-refractivity contribution in [1.29, 1.82) is 0 Å². The van der Waals surface area contributed by atoms with Crippen LogP contribution in [0.15, 0.2) is 29.6 Å². The minimum atomic E-state index is -0.101. The second-order valence-electron chi connectivity index (χ2n) is 6.03. The van der Waals surface area contributed by atoms with Crippen molar-refractivity contribution >= 4 is 11.3 Å². The molecule has 0 amide bonds.